The van der Waals surface area contributed by atoms with Crippen molar-refractivity contribution in [2.45, 2.75) is 6.54 Å². The summed E-state index contributed by atoms with van der Waals surface area (Å²) in [5.41, 5.74) is 2.00. The Kier molecular flexibility index (Phi) is 8.12. The molecule has 166 valence electrons. The molecule has 0 radical (unpaired) electrons. The third kappa shape index (κ3) is 6.36. The SMILES string of the molecule is COc1ccc(N2CCN(CCNC(=O)C(=O)NCc3ccccc3OC)CC2)cc1. The number of carbonyl (C=O) groups excluding carboxylic acids is 2. The summed E-state index contributed by atoms with van der Waals surface area (Å²) in [6.07, 6.45) is 0. The van der Waals surface area contributed by atoms with Crippen molar-refractivity contribution >= 4 is 17.5 Å². The summed E-state index contributed by atoms with van der Waals surface area (Å²) < 4.78 is 10.5. The van der Waals surface area contributed by atoms with Crippen LogP contribution in [-0.4, -0.2) is 70.2 Å². The summed E-state index contributed by atoms with van der Waals surface area (Å²) in [4.78, 5) is 28.7. The molecular formula is C23H30N4O4. The molecule has 2 aromatic rings. The van der Waals surface area contributed by atoms with Gasteiger partial charge < -0.3 is 25.0 Å². The molecule has 1 aliphatic heterocycles. The third-order valence-corrected chi connectivity index (χ3v) is 5.36. The van der Waals surface area contributed by atoms with Crippen LogP contribution < -0.4 is 25.0 Å². The van der Waals surface area contributed by atoms with Crippen LogP contribution in [0, 0.1) is 0 Å². The van der Waals surface area contributed by atoms with Gasteiger partial charge in [0.05, 0.1) is 14.2 Å². The van der Waals surface area contributed by atoms with Crippen LogP contribution in [0.5, 0.6) is 11.5 Å². The van der Waals surface area contributed by atoms with Gasteiger partial charge in [-0.05, 0) is 30.3 Å². The van der Waals surface area contributed by atoms with E-state index >= 15 is 0 Å². The smallest absolute Gasteiger partial charge is 0.309 e. The quantitative estimate of drug-likeness (QED) is 0.619. The van der Waals surface area contributed by atoms with Crippen LogP contribution in [0.2, 0.25) is 0 Å². The van der Waals surface area contributed by atoms with Gasteiger partial charge in [0.2, 0.25) is 0 Å². The first-order valence-corrected chi connectivity index (χ1v) is 10.4. The first-order chi connectivity index (χ1) is 15.1. The minimum Gasteiger partial charge on any atom is -0.497 e. The minimum atomic E-state index is -0.643. The lowest BCUT2D eigenvalue weighted by Crippen LogP contribution is -2.49. The summed E-state index contributed by atoms with van der Waals surface area (Å²) in [6, 6.07) is 15.5. The van der Waals surface area contributed by atoms with Crippen LogP contribution >= 0.6 is 0 Å². The molecule has 0 aliphatic carbocycles. The number of nitrogens with zero attached hydrogens (tertiary/aromatic N) is 2. The predicted molar refractivity (Wildman–Crippen MR) is 119 cm³/mol. The van der Waals surface area contributed by atoms with Gasteiger partial charge in [0.15, 0.2) is 0 Å². The maximum absolute atomic E-state index is 12.1. The van der Waals surface area contributed by atoms with E-state index in [0.717, 1.165) is 37.5 Å². The Balaban J connectivity index is 1.34. The number of ether oxygens (including phenoxy) is 2. The van der Waals surface area contributed by atoms with Crippen molar-refractivity contribution < 1.29 is 19.1 Å². The van der Waals surface area contributed by atoms with Crippen LogP contribution in [-0.2, 0) is 16.1 Å². The van der Waals surface area contributed by atoms with Crippen LogP contribution in [0.1, 0.15) is 5.56 Å². The van der Waals surface area contributed by atoms with E-state index in [1.165, 1.54) is 5.69 Å². The molecule has 0 unspecified atom stereocenters. The van der Waals surface area contributed by atoms with Crippen LogP contribution in [0.25, 0.3) is 0 Å². The number of anilines is 1. The number of benzene rings is 2. The molecule has 0 bridgehead atoms. The average Bonchev–Trinajstić information content (AvgIpc) is 2.83. The molecule has 8 nitrogen and oxygen atoms in total. The minimum absolute atomic E-state index is 0.240. The number of amides is 2. The predicted octanol–water partition coefficient (Wildman–Crippen LogP) is 1.26. The van der Waals surface area contributed by atoms with Gasteiger partial charge in [0.25, 0.3) is 0 Å². The second-order valence-electron chi connectivity index (χ2n) is 7.28. The zero-order chi connectivity index (χ0) is 22.1. The summed E-state index contributed by atoms with van der Waals surface area (Å²) in [7, 11) is 3.24. The summed E-state index contributed by atoms with van der Waals surface area (Å²) in [6.45, 7) is 5.03. The molecule has 0 atom stereocenters. The van der Waals surface area contributed by atoms with Crippen molar-refractivity contribution in [3.63, 3.8) is 0 Å². The standard InChI is InChI=1S/C23H30N4O4/c1-30-20-9-7-19(8-10-20)27-15-13-26(14-16-27)12-11-24-22(28)23(29)25-17-18-5-3-4-6-21(18)31-2/h3-10H,11-17H2,1-2H3,(H,24,28)(H,25,29). The molecular weight excluding hydrogens is 396 g/mol. The Hall–Kier alpha value is -3.26. The fourth-order valence-corrected chi connectivity index (χ4v) is 3.54. The molecule has 1 heterocycles. The highest BCUT2D eigenvalue weighted by molar-refractivity contribution is 6.35. The second kappa shape index (κ2) is 11.2. The molecule has 1 fully saturated rings. The average molecular weight is 427 g/mol. The van der Waals surface area contributed by atoms with Crippen molar-refractivity contribution in [1.82, 2.24) is 15.5 Å². The molecule has 0 saturated carbocycles. The number of para-hydroxylation sites is 1. The fraction of sp³-hybridized carbons (Fsp3) is 0.391. The Morgan fingerprint density at radius 2 is 1.55 bits per heavy atom. The maximum atomic E-state index is 12.1. The molecule has 31 heavy (non-hydrogen) atoms. The summed E-state index contributed by atoms with van der Waals surface area (Å²) in [5, 5.41) is 5.33. The molecule has 1 aliphatic rings. The van der Waals surface area contributed by atoms with Crippen LogP contribution in [0.4, 0.5) is 5.69 Å². The van der Waals surface area contributed by atoms with E-state index in [1.807, 2.05) is 36.4 Å². The molecule has 2 N–H and O–H groups in total. The van der Waals surface area contributed by atoms with E-state index in [2.05, 4.69) is 32.6 Å². The lowest BCUT2D eigenvalue weighted by atomic mass is 10.2. The maximum Gasteiger partial charge on any atom is 0.309 e. The highest BCUT2D eigenvalue weighted by Crippen LogP contribution is 2.20. The number of hydrogen-bond acceptors (Lipinski definition) is 6. The van der Waals surface area contributed by atoms with Gasteiger partial charge in [-0.1, -0.05) is 18.2 Å². The lowest BCUT2D eigenvalue weighted by molar-refractivity contribution is -0.139. The molecule has 2 aromatic carbocycles. The Labute approximate surface area is 183 Å². The number of nitrogens with one attached hydrogen (secondary N) is 2. The largest absolute Gasteiger partial charge is 0.497 e. The van der Waals surface area contributed by atoms with Gasteiger partial charge in [0.1, 0.15) is 11.5 Å². The first-order valence-electron chi connectivity index (χ1n) is 10.4. The van der Waals surface area contributed by atoms with Crippen molar-refractivity contribution in [2.75, 3.05) is 58.4 Å². The zero-order valence-corrected chi connectivity index (χ0v) is 18.1. The monoisotopic (exact) mass is 426 g/mol. The highest BCUT2D eigenvalue weighted by Gasteiger charge is 2.18. The van der Waals surface area contributed by atoms with Gasteiger partial charge in [-0.2, -0.15) is 0 Å². The third-order valence-electron chi connectivity index (χ3n) is 5.36. The number of methoxy groups -OCH3 is 2. The van der Waals surface area contributed by atoms with Gasteiger partial charge >= 0.3 is 11.8 Å². The highest BCUT2D eigenvalue weighted by atomic mass is 16.5. The van der Waals surface area contributed by atoms with Gasteiger partial charge in [-0.3, -0.25) is 14.5 Å². The first kappa shape index (κ1) is 22.4. The Morgan fingerprint density at radius 3 is 2.23 bits per heavy atom. The van der Waals surface area contributed by atoms with E-state index in [0.29, 0.717) is 18.8 Å². The normalized spacial score (nSPS) is 14.1. The van der Waals surface area contributed by atoms with Crippen molar-refractivity contribution in [3.8, 4) is 11.5 Å². The van der Waals surface area contributed by atoms with Crippen LogP contribution in [0.15, 0.2) is 48.5 Å². The number of rotatable bonds is 8. The summed E-state index contributed by atoms with van der Waals surface area (Å²) >= 11 is 0. The van der Waals surface area contributed by atoms with E-state index in [9.17, 15) is 9.59 Å². The topological polar surface area (TPSA) is 83.1 Å². The van der Waals surface area contributed by atoms with E-state index in [-0.39, 0.29) is 6.54 Å². The number of hydrogen-bond donors (Lipinski definition) is 2. The fourth-order valence-electron chi connectivity index (χ4n) is 3.54. The van der Waals surface area contributed by atoms with Gasteiger partial charge in [0, 0.05) is 57.1 Å². The zero-order valence-electron chi connectivity index (χ0n) is 18.1. The Bertz CT molecular complexity index is 864. The van der Waals surface area contributed by atoms with Gasteiger partial charge in [-0.25, -0.2) is 0 Å². The number of piperazine rings is 1. The molecule has 0 aromatic heterocycles. The van der Waals surface area contributed by atoms with E-state index in [1.54, 1.807) is 14.2 Å². The van der Waals surface area contributed by atoms with E-state index < -0.39 is 11.8 Å². The molecule has 0 spiro atoms. The molecule has 2 amide bonds. The number of carbonyl (C=O) groups is 2. The van der Waals surface area contributed by atoms with Crippen molar-refractivity contribution in [2.24, 2.45) is 0 Å². The lowest BCUT2D eigenvalue weighted by Gasteiger charge is -2.36. The molecule has 8 heteroatoms. The van der Waals surface area contributed by atoms with E-state index in [4.69, 9.17) is 9.47 Å². The van der Waals surface area contributed by atoms with Crippen molar-refractivity contribution in [1.29, 1.82) is 0 Å². The van der Waals surface area contributed by atoms with Gasteiger partial charge in [-0.15, -0.1) is 0 Å². The summed E-state index contributed by atoms with van der Waals surface area (Å²) in [5.74, 6) is 0.268. The Morgan fingerprint density at radius 1 is 0.871 bits per heavy atom. The molecule has 3 rings (SSSR count). The second-order valence-corrected chi connectivity index (χ2v) is 7.28. The van der Waals surface area contributed by atoms with Crippen LogP contribution in [0.3, 0.4) is 0 Å². The molecule has 1 saturated heterocycles. The van der Waals surface area contributed by atoms with Crippen molar-refractivity contribution in [3.05, 3.63) is 54.1 Å².